The van der Waals surface area contributed by atoms with E-state index in [1.54, 1.807) is 4.90 Å². The van der Waals surface area contributed by atoms with E-state index >= 15 is 0 Å². The third kappa shape index (κ3) is 3.72. The topological polar surface area (TPSA) is 53.3 Å². The second kappa shape index (κ2) is 6.45. The van der Waals surface area contributed by atoms with Gasteiger partial charge in [-0.15, -0.1) is 0 Å². The fourth-order valence-electron chi connectivity index (χ4n) is 2.69. The molecule has 1 heterocycles. The molecule has 0 bridgehead atoms. The number of carbonyl (C=O) groups excluding carboxylic acids is 1. The summed E-state index contributed by atoms with van der Waals surface area (Å²) >= 11 is 2.28. The molecule has 1 fully saturated rings. The number of nitriles is 1. The highest BCUT2D eigenvalue weighted by Gasteiger charge is 2.39. The van der Waals surface area contributed by atoms with Crippen molar-refractivity contribution in [2.75, 3.05) is 13.1 Å². The average molecular weight is 412 g/mol. The first-order valence-corrected chi connectivity index (χ1v) is 8.49. The van der Waals surface area contributed by atoms with Crippen LogP contribution in [0.4, 0.5) is 4.79 Å². The van der Waals surface area contributed by atoms with Gasteiger partial charge in [0, 0.05) is 16.7 Å². The van der Waals surface area contributed by atoms with Gasteiger partial charge >= 0.3 is 6.09 Å². The van der Waals surface area contributed by atoms with Crippen molar-refractivity contribution in [1.82, 2.24) is 4.90 Å². The van der Waals surface area contributed by atoms with E-state index in [1.165, 1.54) is 0 Å². The van der Waals surface area contributed by atoms with Crippen molar-refractivity contribution < 1.29 is 9.53 Å². The molecule has 0 atom stereocenters. The molecule has 1 aliphatic heterocycles. The Hall–Kier alpha value is -1.29. The van der Waals surface area contributed by atoms with E-state index in [-0.39, 0.29) is 6.09 Å². The number of ether oxygens (including phenoxy) is 1. The molecule has 1 aromatic rings. The minimum absolute atomic E-state index is 0.290. The van der Waals surface area contributed by atoms with Gasteiger partial charge in [-0.25, -0.2) is 4.79 Å². The Labute approximate surface area is 145 Å². The first-order valence-electron chi connectivity index (χ1n) is 7.42. The van der Waals surface area contributed by atoms with E-state index in [0.717, 1.165) is 9.13 Å². The Morgan fingerprint density at radius 1 is 1.32 bits per heavy atom. The first-order chi connectivity index (χ1) is 10.3. The van der Waals surface area contributed by atoms with Crippen molar-refractivity contribution in [3.63, 3.8) is 0 Å². The SMILES string of the molecule is CC(C)(C)OC(=O)N1CCC(C#N)(c2ccccc2I)CC1. The smallest absolute Gasteiger partial charge is 0.410 e. The number of likely N-dealkylation sites (tertiary alicyclic amines) is 1. The van der Waals surface area contributed by atoms with Crippen LogP contribution in [-0.4, -0.2) is 29.7 Å². The molecule has 0 N–H and O–H groups in total. The van der Waals surface area contributed by atoms with Gasteiger partial charge in [-0.3, -0.25) is 0 Å². The zero-order chi connectivity index (χ0) is 16.4. The molecule has 0 unspecified atom stereocenters. The molecule has 0 saturated carbocycles. The number of halogens is 1. The zero-order valence-electron chi connectivity index (χ0n) is 13.2. The van der Waals surface area contributed by atoms with Crippen molar-refractivity contribution in [2.45, 2.75) is 44.6 Å². The maximum atomic E-state index is 12.1. The molecule has 118 valence electrons. The van der Waals surface area contributed by atoms with Gasteiger partial charge in [-0.1, -0.05) is 18.2 Å². The molecular weight excluding hydrogens is 391 g/mol. The van der Waals surface area contributed by atoms with Gasteiger partial charge in [0.1, 0.15) is 5.60 Å². The Morgan fingerprint density at radius 2 is 1.91 bits per heavy atom. The lowest BCUT2D eigenvalue weighted by molar-refractivity contribution is 0.0185. The lowest BCUT2D eigenvalue weighted by Crippen LogP contribution is -2.46. The van der Waals surface area contributed by atoms with Crippen LogP contribution in [0.3, 0.4) is 0 Å². The minimum Gasteiger partial charge on any atom is -0.444 e. The fraction of sp³-hybridized carbons (Fsp3) is 0.529. The minimum atomic E-state index is -0.504. The van der Waals surface area contributed by atoms with E-state index in [1.807, 2.05) is 45.0 Å². The highest BCUT2D eigenvalue weighted by atomic mass is 127. The van der Waals surface area contributed by atoms with E-state index in [4.69, 9.17) is 4.74 Å². The number of hydrogen-bond acceptors (Lipinski definition) is 3. The van der Waals surface area contributed by atoms with Gasteiger partial charge in [0.2, 0.25) is 0 Å². The summed E-state index contributed by atoms with van der Waals surface area (Å²) in [7, 11) is 0. The van der Waals surface area contributed by atoms with Crippen LogP contribution >= 0.6 is 22.6 Å². The largest absolute Gasteiger partial charge is 0.444 e. The van der Waals surface area contributed by atoms with Crippen LogP contribution in [0.25, 0.3) is 0 Å². The summed E-state index contributed by atoms with van der Waals surface area (Å²) in [5.74, 6) is 0. The Balaban J connectivity index is 2.11. The maximum Gasteiger partial charge on any atom is 0.410 e. The Morgan fingerprint density at radius 3 is 2.41 bits per heavy atom. The number of rotatable bonds is 1. The standard InChI is InChI=1S/C17H21IN2O2/c1-16(2,3)22-15(21)20-10-8-17(12-19,9-11-20)13-6-4-5-7-14(13)18/h4-7H,8-11H2,1-3H3. The third-order valence-corrected chi connectivity index (χ3v) is 4.81. The number of benzene rings is 1. The molecule has 0 aliphatic carbocycles. The maximum absolute atomic E-state index is 12.1. The molecule has 1 amide bonds. The van der Waals surface area contributed by atoms with Crippen LogP contribution < -0.4 is 0 Å². The quantitative estimate of drug-likeness (QED) is 0.654. The highest BCUT2D eigenvalue weighted by molar-refractivity contribution is 14.1. The summed E-state index contributed by atoms with van der Waals surface area (Å²) < 4.78 is 6.52. The average Bonchev–Trinajstić information content (AvgIpc) is 2.46. The van der Waals surface area contributed by atoms with Crippen LogP contribution in [0.2, 0.25) is 0 Å². The van der Waals surface area contributed by atoms with E-state index in [0.29, 0.717) is 25.9 Å². The number of amides is 1. The van der Waals surface area contributed by atoms with E-state index < -0.39 is 11.0 Å². The fourth-order valence-corrected chi connectivity index (χ4v) is 3.59. The van der Waals surface area contributed by atoms with Gasteiger partial charge in [0.15, 0.2) is 0 Å². The second-order valence-corrected chi connectivity index (χ2v) is 7.80. The molecule has 22 heavy (non-hydrogen) atoms. The van der Waals surface area contributed by atoms with Crippen molar-refractivity contribution in [3.05, 3.63) is 33.4 Å². The van der Waals surface area contributed by atoms with Gasteiger partial charge in [-0.05, 0) is 67.8 Å². The van der Waals surface area contributed by atoms with Crippen molar-refractivity contribution in [1.29, 1.82) is 5.26 Å². The van der Waals surface area contributed by atoms with Gasteiger partial charge < -0.3 is 9.64 Å². The summed E-state index contributed by atoms with van der Waals surface area (Å²) in [4.78, 5) is 13.8. The van der Waals surface area contributed by atoms with Crippen LogP contribution in [0.1, 0.15) is 39.2 Å². The molecule has 5 heteroatoms. The second-order valence-electron chi connectivity index (χ2n) is 6.64. The van der Waals surface area contributed by atoms with Crippen LogP contribution in [0.15, 0.2) is 24.3 Å². The van der Waals surface area contributed by atoms with Crippen molar-refractivity contribution in [3.8, 4) is 6.07 Å². The summed E-state index contributed by atoms with van der Waals surface area (Å²) in [6.45, 7) is 6.68. The number of piperidine rings is 1. The predicted molar refractivity (Wildman–Crippen MR) is 93.5 cm³/mol. The predicted octanol–water partition coefficient (Wildman–Crippen LogP) is 4.08. The van der Waals surface area contributed by atoms with Gasteiger partial charge in [0.05, 0.1) is 11.5 Å². The van der Waals surface area contributed by atoms with Gasteiger partial charge in [0.25, 0.3) is 0 Å². The molecule has 2 rings (SSSR count). The molecule has 4 nitrogen and oxygen atoms in total. The molecule has 0 spiro atoms. The summed E-state index contributed by atoms with van der Waals surface area (Å²) in [6, 6.07) is 10.5. The summed E-state index contributed by atoms with van der Waals surface area (Å²) in [5, 5.41) is 9.74. The van der Waals surface area contributed by atoms with Crippen LogP contribution in [0, 0.1) is 14.9 Å². The van der Waals surface area contributed by atoms with Crippen molar-refractivity contribution in [2.24, 2.45) is 0 Å². The summed E-state index contributed by atoms with van der Waals surface area (Å²) in [6.07, 6.45) is 0.993. The van der Waals surface area contributed by atoms with Gasteiger partial charge in [-0.2, -0.15) is 5.26 Å². The lowest BCUT2D eigenvalue weighted by atomic mass is 9.74. The highest BCUT2D eigenvalue weighted by Crippen LogP contribution is 2.37. The van der Waals surface area contributed by atoms with E-state index in [2.05, 4.69) is 28.7 Å². The summed E-state index contributed by atoms with van der Waals surface area (Å²) in [5.41, 5.74) is 0.0771. The number of hydrogen-bond donors (Lipinski definition) is 0. The molecule has 1 saturated heterocycles. The molecule has 0 aromatic heterocycles. The Bertz CT molecular complexity index is 593. The van der Waals surface area contributed by atoms with E-state index in [9.17, 15) is 10.1 Å². The molecular formula is C17H21IN2O2. The molecule has 1 aliphatic rings. The molecule has 0 radical (unpaired) electrons. The normalized spacial score (nSPS) is 17.7. The molecule has 1 aromatic carbocycles. The monoisotopic (exact) mass is 412 g/mol. The number of nitrogens with zero attached hydrogens (tertiary/aromatic N) is 2. The van der Waals surface area contributed by atoms with Crippen LogP contribution in [-0.2, 0) is 10.2 Å². The Kier molecular flexibility index (Phi) is 5.00. The van der Waals surface area contributed by atoms with Crippen molar-refractivity contribution >= 4 is 28.7 Å². The lowest BCUT2D eigenvalue weighted by Gasteiger charge is -2.38. The number of carbonyl (C=O) groups is 1. The third-order valence-electron chi connectivity index (χ3n) is 3.87. The zero-order valence-corrected chi connectivity index (χ0v) is 15.4. The first kappa shape index (κ1) is 17.1. The van der Waals surface area contributed by atoms with Crippen LogP contribution in [0.5, 0.6) is 0 Å².